The summed E-state index contributed by atoms with van der Waals surface area (Å²) >= 11 is 0. The molecule has 0 saturated carbocycles. The van der Waals surface area contributed by atoms with E-state index in [2.05, 4.69) is 25.2 Å². The molecule has 0 bridgehead atoms. The van der Waals surface area contributed by atoms with E-state index in [0.29, 0.717) is 6.42 Å². The van der Waals surface area contributed by atoms with E-state index >= 15 is 0 Å². The molecule has 0 radical (unpaired) electrons. The summed E-state index contributed by atoms with van der Waals surface area (Å²) in [5, 5.41) is 64.1. The maximum atomic E-state index is 12.9. The van der Waals surface area contributed by atoms with E-state index in [0.717, 1.165) is 32.1 Å². The van der Waals surface area contributed by atoms with Crippen LogP contribution in [0.25, 0.3) is 0 Å². The second-order valence-electron chi connectivity index (χ2n) is 13.5. The average Bonchev–Trinajstić information content (AvgIpc) is 3.08. The molecule has 1 aliphatic rings. The fourth-order valence-corrected chi connectivity index (χ4v) is 5.87. The van der Waals surface area contributed by atoms with Crippen LogP contribution in [0.4, 0.5) is 0 Å². The maximum Gasteiger partial charge on any atom is 0.249 e. The van der Waals surface area contributed by atoms with Gasteiger partial charge in [0.1, 0.15) is 30.5 Å². The number of carbonyl (C=O) groups is 1. The minimum absolute atomic E-state index is 0.225. The number of allylic oxidation sites excluding steroid dienone is 3. The monoisotopic (exact) mass is 686 g/mol. The third-order valence-corrected chi connectivity index (χ3v) is 9.14. The first-order valence-electron chi connectivity index (χ1n) is 19.2. The predicted molar refractivity (Wildman–Crippen MR) is 190 cm³/mol. The summed E-state index contributed by atoms with van der Waals surface area (Å²) in [4.78, 5) is 12.9. The third kappa shape index (κ3) is 20.3. The smallest absolute Gasteiger partial charge is 0.249 e. The standard InChI is InChI=1S/C38H71NO9/c1-3-5-7-9-11-13-14-15-16-17-18-19-21-22-24-26-31(41)30(29-47-38-36(45)35(44)34(43)33(28-40)48-38)39-37(46)32(42)27-25-23-20-12-10-8-6-4-2/h20,23-24,26,30-36,38,40-45H,3-19,21-22,25,27-29H2,1-2H3,(H,39,46)/b23-20-,26-24+. The normalized spacial score (nSPS) is 23.5. The zero-order valence-corrected chi connectivity index (χ0v) is 30.1. The first-order chi connectivity index (χ1) is 23.3. The Labute approximate surface area is 291 Å². The van der Waals surface area contributed by atoms with Crippen LogP contribution in [0, 0.1) is 0 Å². The van der Waals surface area contributed by atoms with Gasteiger partial charge in [0.2, 0.25) is 5.91 Å². The lowest BCUT2D eigenvalue weighted by atomic mass is 9.99. The van der Waals surface area contributed by atoms with Crippen molar-refractivity contribution in [2.45, 2.75) is 198 Å². The number of rotatable bonds is 30. The highest BCUT2D eigenvalue weighted by molar-refractivity contribution is 5.80. The lowest BCUT2D eigenvalue weighted by Crippen LogP contribution is -2.60. The summed E-state index contributed by atoms with van der Waals surface area (Å²) in [5.41, 5.74) is 0. The van der Waals surface area contributed by atoms with Gasteiger partial charge >= 0.3 is 0 Å². The molecule has 10 heteroatoms. The Morgan fingerprint density at radius 1 is 0.708 bits per heavy atom. The summed E-state index contributed by atoms with van der Waals surface area (Å²) in [6, 6.07) is -0.989. The van der Waals surface area contributed by atoms with Crippen molar-refractivity contribution >= 4 is 5.91 Å². The number of carbonyl (C=O) groups excluding carboxylic acids is 1. The molecule has 0 spiro atoms. The van der Waals surface area contributed by atoms with Gasteiger partial charge in [-0.05, 0) is 38.5 Å². The number of hydrogen-bond acceptors (Lipinski definition) is 9. The quantitative estimate of drug-likeness (QED) is 0.0389. The van der Waals surface area contributed by atoms with E-state index in [1.807, 2.05) is 12.2 Å². The molecule has 8 atom stereocenters. The molecule has 1 fully saturated rings. The number of ether oxygens (including phenoxy) is 2. The minimum atomic E-state index is -1.61. The molecule has 0 aromatic heterocycles. The number of hydrogen-bond donors (Lipinski definition) is 7. The molecule has 1 amide bonds. The van der Waals surface area contributed by atoms with Gasteiger partial charge in [-0.25, -0.2) is 0 Å². The van der Waals surface area contributed by atoms with Crippen molar-refractivity contribution in [1.29, 1.82) is 0 Å². The molecule has 0 aliphatic carbocycles. The van der Waals surface area contributed by atoms with Gasteiger partial charge in [0.05, 0.1) is 25.4 Å². The maximum absolute atomic E-state index is 12.9. The molecule has 1 saturated heterocycles. The SMILES string of the molecule is CCCCCC/C=C\CCC(O)C(=O)NC(COC1OC(CO)C(O)C(O)C1O)C(O)/C=C/CCCCCCCCCCCCCCC. The molecule has 8 unspecified atom stereocenters. The van der Waals surface area contributed by atoms with Crippen LogP contribution in [0.5, 0.6) is 0 Å². The summed E-state index contributed by atoms with van der Waals surface area (Å²) in [5.74, 6) is -0.655. The molecule has 1 heterocycles. The van der Waals surface area contributed by atoms with Gasteiger partial charge in [-0.3, -0.25) is 4.79 Å². The van der Waals surface area contributed by atoms with Gasteiger partial charge < -0.3 is 45.4 Å². The largest absolute Gasteiger partial charge is 0.394 e. The zero-order valence-electron chi connectivity index (χ0n) is 30.1. The van der Waals surface area contributed by atoms with Crippen LogP contribution in [-0.4, -0.2) is 98.7 Å². The molecule has 7 N–H and O–H groups in total. The highest BCUT2D eigenvalue weighted by Gasteiger charge is 2.44. The average molecular weight is 686 g/mol. The van der Waals surface area contributed by atoms with Gasteiger partial charge in [-0.2, -0.15) is 0 Å². The van der Waals surface area contributed by atoms with Crippen molar-refractivity contribution in [3.05, 3.63) is 24.3 Å². The van der Waals surface area contributed by atoms with E-state index in [4.69, 9.17) is 9.47 Å². The van der Waals surface area contributed by atoms with E-state index in [1.54, 1.807) is 6.08 Å². The first-order valence-corrected chi connectivity index (χ1v) is 19.2. The second kappa shape index (κ2) is 29.4. The summed E-state index contributed by atoms with van der Waals surface area (Å²) in [7, 11) is 0. The number of aliphatic hydroxyl groups excluding tert-OH is 6. The van der Waals surface area contributed by atoms with Crippen LogP contribution >= 0.6 is 0 Å². The van der Waals surface area contributed by atoms with Crippen LogP contribution in [0.15, 0.2) is 24.3 Å². The van der Waals surface area contributed by atoms with Gasteiger partial charge in [0.15, 0.2) is 6.29 Å². The van der Waals surface area contributed by atoms with Crippen LogP contribution < -0.4 is 5.32 Å². The Kier molecular flexibility index (Phi) is 27.3. The number of aliphatic hydroxyl groups is 6. The van der Waals surface area contributed by atoms with Gasteiger partial charge in [-0.15, -0.1) is 0 Å². The molecule has 282 valence electrons. The molecule has 48 heavy (non-hydrogen) atoms. The van der Waals surface area contributed by atoms with Crippen molar-refractivity contribution in [2.24, 2.45) is 0 Å². The van der Waals surface area contributed by atoms with Gasteiger partial charge in [-0.1, -0.05) is 134 Å². The van der Waals surface area contributed by atoms with Crippen molar-refractivity contribution in [1.82, 2.24) is 5.32 Å². The summed E-state index contributed by atoms with van der Waals surface area (Å²) in [6.45, 7) is 3.50. The zero-order chi connectivity index (χ0) is 35.4. The number of nitrogens with one attached hydrogen (secondary N) is 1. The lowest BCUT2D eigenvalue weighted by molar-refractivity contribution is -0.302. The van der Waals surface area contributed by atoms with E-state index in [9.17, 15) is 35.4 Å². The van der Waals surface area contributed by atoms with Crippen LogP contribution in [0.3, 0.4) is 0 Å². The molecular weight excluding hydrogens is 614 g/mol. The van der Waals surface area contributed by atoms with Gasteiger partial charge in [0, 0.05) is 0 Å². The Balaban J connectivity index is 2.54. The fourth-order valence-electron chi connectivity index (χ4n) is 5.87. The Morgan fingerprint density at radius 2 is 1.21 bits per heavy atom. The summed E-state index contributed by atoms with van der Waals surface area (Å²) in [6.07, 6.45) is 21.5. The van der Waals surface area contributed by atoms with E-state index in [1.165, 1.54) is 89.9 Å². The lowest BCUT2D eigenvalue weighted by Gasteiger charge is -2.40. The van der Waals surface area contributed by atoms with Crippen LogP contribution in [0.1, 0.15) is 149 Å². The topological polar surface area (TPSA) is 169 Å². The van der Waals surface area contributed by atoms with Gasteiger partial charge in [0.25, 0.3) is 0 Å². The second-order valence-corrected chi connectivity index (χ2v) is 13.5. The third-order valence-electron chi connectivity index (χ3n) is 9.14. The van der Waals surface area contributed by atoms with Crippen molar-refractivity contribution in [3.8, 4) is 0 Å². The van der Waals surface area contributed by atoms with E-state index in [-0.39, 0.29) is 13.0 Å². The van der Waals surface area contributed by atoms with Crippen molar-refractivity contribution < 1.29 is 44.9 Å². The molecule has 0 aromatic rings. The Bertz CT molecular complexity index is 824. The summed E-state index contributed by atoms with van der Waals surface area (Å²) < 4.78 is 11.0. The highest BCUT2D eigenvalue weighted by Crippen LogP contribution is 2.22. The molecule has 1 rings (SSSR count). The molecule has 10 nitrogen and oxygen atoms in total. The molecule has 0 aromatic carbocycles. The highest BCUT2D eigenvalue weighted by atomic mass is 16.7. The number of unbranched alkanes of at least 4 members (excludes halogenated alkanes) is 17. The first kappa shape index (κ1) is 44.7. The van der Waals surface area contributed by atoms with Crippen molar-refractivity contribution in [3.63, 3.8) is 0 Å². The Hall–Kier alpha value is -1.37. The van der Waals surface area contributed by atoms with Crippen molar-refractivity contribution in [2.75, 3.05) is 13.2 Å². The minimum Gasteiger partial charge on any atom is -0.394 e. The van der Waals surface area contributed by atoms with Crippen LogP contribution in [-0.2, 0) is 14.3 Å². The Morgan fingerprint density at radius 3 is 1.77 bits per heavy atom. The molecule has 1 aliphatic heterocycles. The fraction of sp³-hybridized carbons (Fsp3) is 0.868. The predicted octanol–water partition coefficient (Wildman–Crippen LogP) is 5.35. The number of amides is 1. The van der Waals surface area contributed by atoms with E-state index < -0.39 is 61.5 Å². The molecular formula is C38H71NO9. The van der Waals surface area contributed by atoms with Crippen LogP contribution in [0.2, 0.25) is 0 Å².